The fraction of sp³-hybridized carbons (Fsp3) is 0.0741. The van der Waals surface area contributed by atoms with E-state index in [4.69, 9.17) is 4.52 Å². The first-order valence-electron chi connectivity index (χ1n) is 11.0. The summed E-state index contributed by atoms with van der Waals surface area (Å²) in [6.07, 6.45) is 5.16. The summed E-state index contributed by atoms with van der Waals surface area (Å²) in [5.41, 5.74) is 6.20. The van der Waals surface area contributed by atoms with Gasteiger partial charge in [0.25, 0.3) is 5.91 Å². The van der Waals surface area contributed by atoms with Gasteiger partial charge in [-0.05, 0) is 49.7 Å². The zero-order chi connectivity index (χ0) is 24.2. The highest BCUT2D eigenvalue weighted by Gasteiger charge is 2.15. The first kappa shape index (κ1) is 22.0. The average Bonchev–Trinajstić information content (AvgIpc) is 3.38. The molecule has 0 bridgehead atoms. The van der Waals surface area contributed by atoms with Crippen LogP contribution in [-0.2, 0) is 0 Å². The van der Waals surface area contributed by atoms with Crippen LogP contribution in [0.4, 0.5) is 17.3 Å². The van der Waals surface area contributed by atoms with Crippen LogP contribution in [0.2, 0.25) is 0 Å². The van der Waals surface area contributed by atoms with Crippen molar-refractivity contribution in [3.8, 4) is 22.6 Å². The molecule has 0 aliphatic rings. The number of carbonyl (C=O) groups is 1. The highest BCUT2D eigenvalue weighted by atomic mass is 16.5. The molecular formula is C27H22N6O2. The van der Waals surface area contributed by atoms with Crippen LogP contribution in [0.1, 0.15) is 21.6 Å². The Balaban J connectivity index is 1.32. The SMILES string of the molecule is Cc1ccc(-c2cc(C(=O)Nc3ccc(C)c(Nc4nccc(-c5cccnc5)n4)c3)no2)cc1. The van der Waals surface area contributed by atoms with E-state index in [0.717, 1.165) is 33.6 Å². The number of aryl methyl sites for hydroxylation is 2. The molecular weight excluding hydrogens is 440 g/mol. The molecule has 2 aromatic carbocycles. The highest BCUT2D eigenvalue weighted by Crippen LogP contribution is 2.25. The predicted octanol–water partition coefficient (Wildman–Crippen LogP) is 5.81. The maximum atomic E-state index is 12.8. The summed E-state index contributed by atoms with van der Waals surface area (Å²) in [7, 11) is 0. The predicted molar refractivity (Wildman–Crippen MR) is 134 cm³/mol. The van der Waals surface area contributed by atoms with Gasteiger partial charge >= 0.3 is 0 Å². The van der Waals surface area contributed by atoms with Gasteiger partial charge in [0.05, 0.1) is 5.69 Å². The highest BCUT2D eigenvalue weighted by molar-refractivity contribution is 6.03. The number of rotatable bonds is 6. The van der Waals surface area contributed by atoms with E-state index in [0.29, 0.717) is 17.4 Å². The molecule has 0 fully saturated rings. The molecule has 0 radical (unpaired) electrons. The van der Waals surface area contributed by atoms with E-state index in [1.807, 2.05) is 74.5 Å². The number of anilines is 3. The van der Waals surface area contributed by atoms with Gasteiger partial charge in [-0.2, -0.15) is 0 Å². The van der Waals surface area contributed by atoms with E-state index < -0.39 is 0 Å². The minimum absolute atomic E-state index is 0.197. The first-order valence-corrected chi connectivity index (χ1v) is 11.0. The van der Waals surface area contributed by atoms with Crippen molar-refractivity contribution < 1.29 is 9.32 Å². The molecule has 3 aromatic heterocycles. The van der Waals surface area contributed by atoms with Crippen molar-refractivity contribution in [2.75, 3.05) is 10.6 Å². The molecule has 0 aliphatic heterocycles. The Morgan fingerprint density at radius 1 is 0.914 bits per heavy atom. The normalized spacial score (nSPS) is 10.7. The third-order valence-corrected chi connectivity index (χ3v) is 5.43. The average molecular weight is 463 g/mol. The Labute approximate surface area is 202 Å². The van der Waals surface area contributed by atoms with Gasteiger partial charge in [-0.1, -0.05) is 41.1 Å². The zero-order valence-corrected chi connectivity index (χ0v) is 19.2. The van der Waals surface area contributed by atoms with Gasteiger partial charge in [-0.3, -0.25) is 9.78 Å². The molecule has 5 aromatic rings. The summed E-state index contributed by atoms with van der Waals surface area (Å²) in [6.45, 7) is 3.97. The molecule has 2 N–H and O–H groups in total. The van der Waals surface area contributed by atoms with Crippen LogP contribution in [0.5, 0.6) is 0 Å². The molecule has 3 heterocycles. The standard InChI is InChI=1S/C27H22N6O2/c1-17-5-8-19(9-6-17)25-15-24(33-35-25)26(34)30-21-10-7-18(2)23(14-21)32-27-29-13-11-22(31-27)20-4-3-12-28-16-20/h3-16H,1-2H3,(H,30,34)(H,29,31,32). The topological polar surface area (TPSA) is 106 Å². The second-order valence-electron chi connectivity index (χ2n) is 8.06. The molecule has 0 spiro atoms. The molecule has 8 heteroatoms. The van der Waals surface area contributed by atoms with Crippen LogP contribution in [-0.4, -0.2) is 26.0 Å². The third kappa shape index (κ3) is 5.06. The second-order valence-corrected chi connectivity index (χ2v) is 8.06. The molecule has 0 saturated carbocycles. The lowest BCUT2D eigenvalue weighted by atomic mass is 10.1. The number of aromatic nitrogens is 4. The summed E-state index contributed by atoms with van der Waals surface area (Å²) in [5, 5.41) is 10.0. The summed E-state index contributed by atoms with van der Waals surface area (Å²) in [5.74, 6) is 0.612. The van der Waals surface area contributed by atoms with Crippen LogP contribution < -0.4 is 10.6 Å². The quantitative estimate of drug-likeness (QED) is 0.328. The van der Waals surface area contributed by atoms with Crippen LogP contribution in [0.3, 0.4) is 0 Å². The van der Waals surface area contributed by atoms with Crippen LogP contribution in [0, 0.1) is 13.8 Å². The summed E-state index contributed by atoms with van der Waals surface area (Å²) in [6, 6.07) is 20.6. The van der Waals surface area contributed by atoms with Crippen LogP contribution in [0.15, 0.2) is 89.8 Å². The van der Waals surface area contributed by atoms with Gasteiger partial charge in [0.15, 0.2) is 11.5 Å². The number of amides is 1. The first-order chi connectivity index (χ1) is 17.0. The lowest BCUT2D eigenvalue weighted by Gasteiger charge is -2.11. The Kier molecular flexibility index (Phi) is 6.00. The fourth-order valence-corrected chi connectivity index (χ4v) is 3.48. The lowest BCUT2D eigenvalue weighted by molar-refractivity contribution is 0.101. The number of nitrogens with one attached hydrogen (secondary N) is 2. The molecule has 0 unspecified atom stereocenters. The molecule has 1 amide bonds. The number of benzene rings is 2. The van der Waals surface area contributed by atoms with E-state index >= 15 is 0 Å². The Morgan fingerprint density at radius 3 is 2.57 bits per heavy atom. The maximum Gasteiger partial charge on any atom is 0.277 e. The molecule has 0 saturated heterocycles. The maximum absolute atomic E-state index is 12.8. The lowest BCUT2D eigenvalue weighted by Crippen LogP contribution is -2.12. The number of nitrogens with zero attached hydrogens (tertiary/aromatic N) is 4. The number of pyridine rings is 1. The van der Waals surface area contributed by atoms with E-state index in [1.165, 1.54) is 0 Å². The molecule has 35 heavy (non-hydrogen) atoms. The van der Waals surface area contributed by atoms with Gasteiger partial charge < -0.3 is 15.2 Å². The van der Waals surface area contributed by atoms with E-state index in [9.17, 15) is 4.79 Å². The van der Waals surface area contributed by atoms with Crippen LogP contribution >= 0.6 is 0 Å². The molecule has 172 valence electrons. The Morgan fingerprint density at radius 2 is 1.77 bits per heavy atom. The van der Waals surface area contributed by atoms with Gasteiger partial charge in [0.2, 0.25) is 5.95 Å². The van der Waals surface area contributed by atoms with Gasteiger partial charge in [0.1, 0.15) is 0 Å². The van der Waals surface area contributed by atoms with Crippen molar-refractivity contribution in [3.63, 3.8) is 0 Å². The van der Waals surface area contributed by atoms with Crippen molar-refractivity contribution in [1.29, 1.82) is 0 Å². The summed E-state index contributed by atoms with van der Waals surface area (Å²) >= 11 is 0. The monoisotopic (exact) mass is 462 g/mol. The number of hydrogen-bond acceptors (Lipinski definition) is 7. The van der Waals surface area contributed by atoms with E-state index in [-0.39, 0.29) is 11.6 Å². The Bertz CT molecular complexity index is 1480. The number of carbonyl (C=O) groups excluding carboxylic acids is 1. The smallest absolute Gasteiger partial charge is 0.277 e. The number of hydrogen-bond donors (Lipinski definition) is 2. The largest absolute Gasteiger partial charge is 0.355 e. The minimum Gasteiger partial charge on any atom is -0.355 e. The van der Waals surface area contributed by atoms with Crippen LogP contribution in [0.25, 0.3) is 22.6 Å². The summed E-state index contributed by atoms with van der Waals surface area (Å²) < 4.78 is 5.37. The second kappa shape index (κ2) is 9.56. The van der Waals surface area contributed by atoms with Crippen molar-refractivity contribution in [3.05, 3.63) is 102 Å². The molecule has 8 nitrogen and oxygen atoms in total. The third-order valence-electron chi connectivity index (χ3n) is 5.43. The van der Waals surface area contributed by atoms with E-state index in [1.54, 1.807) is 24.7 Å². The van der Waals surface area contributed by atoms with E-state index in [2.05, 4.69) is 30.7 Å². The Hall–Kier alpha value is -4.85. The molecule has 0 aliphatic carbocycles. The van der Waals surface area contributed by atoms with Gasteiger partial charge in [0, 0.05) is 47.2 Å². The zero-order valence-electron chi connectivity index (χ0n) is 19.2. The van der Waals surface area contributed by atoms with Crippen molar-refractivity contribution in [2.24, 2.45) is 0 Å². The fourth-order valence-electron chi connectivity index (χ4n) is 3.48. The molecule has 0 atom stereocenters. The van der Waals surface area contributed by atoms with Crippen molar-refractivity contribution in [2.45, 2.75) is 13.8 Å². The summed E-state index contributed by atoms with van der Waals surface area (Å²) in [4.78, 5) is 25.8. The van der Waals surface area contributed by atoms with Gasteiger partial charge in [-0.15, -0.1) is 0 Å². The minimum atomic E-state index is -0.364. The van der Waals surface area contributed by atoms with Crippen molar-refractivity contribution >= 4 is 23.2 Å². The van der Waals surface area contributed by atoms with Gasteiger partial charge in [-0.25, -0.2) is 9.97 Å². The van der Waals surface area contributed by atoms with Crippen molar-refractivity contribution in [1.82, 2.24) is 20.1 Å². The molecule has 5 rings (SSSR count).